The minimum Gasteiger partial charge on any atom is -0.378 e. The smallest absolute Gasteiger partial charge is 0.156 e. The Hall–Kier alpha value is -2.16. The summed E-state index contributed by atoms with van der Waals surface area (Å²) >= 11 is 0. The van der Waals surface area contributed by atoms with Gasteiger partial charge in [0.05, 0.1) is 0 Å². The Morgan fingerprint density at radius 1 is 1.03 bits per heavy atom. The number of hydrogen-bond donors (Lipinski definition) is 0. The molecule has 1 aromatic carbocycles. The topological polar surface area (TPSA) is 37.4 Å². The van der Waals surface area contributed by atoms with E-state index in [0.717, 1.165) is 32.1 Å². The molecule has 4 aliphatic carbocycles. The van der Waals surface area contributed by atoms with Gasteiger partial charge in [0, 0.05) is 38.0 Å². The monoisotopic (exact) mass is 417 g/mol. The number of ketones is 2. The second-order valence-electron chi connectivity index (χ2n) is 10.8. The van der Waals surface area contributed by atoms with Crippen LogP contribution in [0.15, 0.2) is 47.1 Å². The minimum absolute atomic E-state index is 0.0805. The molecule has 164 valence electrons. The third kappa shape index (κ3) is 3.23. The molecule has 31 heavy (non-hydrogen) atoms. The van der Waals surface area contributed by atoms with Crippen LogP contribution in [0.2, 0.25) is 0 Å². The minimum atomic E-state index is 0.0805. The molecule has 0 heterocycles. The van der Waals surface area contributed by atoms with Gasteiger partial charge in [-0.25, -0.2) is 0 Å². The maximum absolute atomic E-state index is 12.6. The van der Waals surface area contributed by atoms with Crippen molar-refractivity contribution in [1.29, 1.82) is 0 Å². The van der Waals surface area contributed by atoms with Crippen LogP contribution in [0.25, 0.3) is 0 Å². The number of benzene rings is 1. The van der Waals surface area contributed by atoms with Crippen molar-refractivity contribution < 1.29 is 9.59 Å². The Bertz CT molecular complexity index is 983. The van der Waals surface area contributed by atoms with Crippen molar-refractivity contribution in [2.45, 2.75) is 64.7 Å². The van der Waals surface area contributed by atoms with Crippen LogP contribution >= 0.6 is 0 Å². The van der Waals surface area contributed by atoms with Crippen molar-refractivity contribution in [2.24, 2.45) is 23.2 Å². The van der Waals surface area contributed by atoms with E-state index in [1.165, 1.54) is 28.8 Å². The summed E-state index contributed by atoms with van der Waals surface area (Å²) in [4.78, 5) is 26.9. The van der Waals surface area contributed by atoms with Gasteiger partial charge < -0.3 is 4.90 Å². The van der Waals surface area contributed by atoms with E-state index in [1.807, 2.05) is 13.0 Å². The normalized spacial score (nSPS) is 34.6. The molecule has 0 amide bonds. The highest BCUT2D eigenvalue weighted by Gasteiger charge is 2.57. The summed E-state index contributed by atoms with van der Waals surface area (Å²) < 4.78 is 0. The zero-order valence-electron chi connectivity index (χ0n) is 19.4. The molecule has 3 heteroatoms. The first-order valence-corrected chi connectivity index (χ1v) is 12.0. The lowest BCUT2D eigenvalue weighted by molar-refractivity contribution is -0.125. The fourth-order valence-electron chi connectivity index (χ4n) is 7.63. The Morgan fingerprint density at radius 2 is 1.77 bits per heavy atom. The second-order valence-corrected chi connectivity index (χ2v) is 10.8. The summed E-state index contributed by atoms with van der Waals surface area (Å²) in [6, 6.07) is 9.06. The van der Waals surface area contributed by atoms with Gasteiger partial charge in [0.25, 0.3) is 0 Å². The molecule has 0 bridgehead atoms. The van der Waals surface area contributed by atoms with Gasteiger partial charge in [-0.05, 0) is 97.6 Å². The molecule has 5 rings (SSSR count). The molecular weight excluding hydrogens is 382 g/mol. The Labute approximate surface area is 186 Å². The van der Waals surface area contributed by atoms with Crippen molar-refractivity contribution in [3.8, 4) is 0 Å². The molecule has 5 atom stereocenters. The highest BCUT2D eigenvalue weighted by Crippen LogP contribution is 2.65. The van der Waals surface area contributed by atoms with Crippen LogP contribution in [0.5, 0.6) is 0 Å². The number of carbonyl (C=O) groups is 2. The highest BCUT2D eigenvalue weighted by atomic mass is 16.1. The summed E-state index contributed by atoms with van der Waals surface area (Å²) in [5.74, 6) is 2.37. The molecule has 0 N–H and O–H groups in total. The number of anilines is 1. The molecule has 0 saturated heterocycles. The first-order valence-electron chi connectivity index (χ1n) is 12.0. The standard InChI is InChI=1S/C28H35NO2/c1-17(30)25-13-14-26-23-11-7-19-15-21(31)10-12-22(19)27(23)24(16-28(25,26)2)18-5-8-20(9-6-18)29(3)4/h5-6,8-9,15,23-26H,7,10-14,16H2,1-4H3/t23?,24-,25-,26?,28?/m1/s1. The average Bonchev–Trinajstić information content (AvgIpc) is 3.10. The van der Waals surface area contributed by atoms with Gasteiger partial charge >= 0.3 is 0 Å². The van der Waals surface area contributed by atoms with Gasteiger partial charge in [0.1, 0.15) is 5.78 Å². The summed E-state index contributed by atoms with van der Waals surface area (Å²) in [5, 5.41) is 0. The Balaban J connectivity index is 1.65. The van der Waals surface area contributed by atoms with E-state index in [9.17, 15) is 9.59 Å². The molecule has 0 radical (unpaired) electrons. The number of rotatable bonds is 3. The van der Waals surface area contributed by atoms with E-state index in [2.05, 4.69) is 50.2 Å². The number of carbonyl (C=O) groups excluding carboxylic acids is 2. The maximum Gasteiger partial charge on any atom is 0.156 e. The van der Waals surface area contributed by atoms with Crippen LogP contribution in [-0.4, -0.2) is 25.7 Å². The first-order chi connectivity index (χ1) is 14.8. The zero-order valence-corrected chi connectivity index (χ0v) is 19.4. The van der Waals surface area contributed by atoms with Crippen LogP contribution in [0.1, 0.15) is 70.3 Å². The van der Waals surface area contributed by atoms with Gasteiger partial charge in [-0.2, -0.15) is 0 Å². The van der Waals surface area contributed by atoms with Crippen LogP contribution in [-0.2, 0) is 9.59 Å². The fraction of sp³-hybridized carbons (Fsp3) is 0.571. The molecule has 2 fully saturated rings. The van der Waals surface area contributed by atoms with Crippen LogP contribution in [0.3, 0.4) is 0 Å². The SMILES string of the molecule is CC(=O)[C@H]1CCC2C3CCC4=CC(=O)CCC4=C3[C@@H](c3ccc(N(C)C)cc3)CC21C. The lowest BCUT2D eigenvalue weighted by atomic mass is 9.51. The quantitative estimate of drug-likeness (QED) is 0.618. The van der Waals surface area contributed by atoms with Gasteiger partial charge in [0.2, 0.25) is 0 Å². The molecule has 3 nitrogen and oxygen atoms in total. The van der Waals surface area contributed by atoms with Crippen molar-refractivity contribution in [3.63, 3.8) is 0 Å². The highest BCUT2D eigenvalue weighted by molar-refractivity contribution is 5.93. The van der Waals surface area contributed by atoms with Crippen molar-refractivity contribution in [3.05, 3.63) is 52.6 Å². The molecule has 2 saturated carbocycles. The van der Waals surface area contributed by atoms with Gasteiger partial charge in [-0.15, -0.1) is 0 Å². The summed E-state index contributed by atoms with van der Waals surface area (Å²) in [7, 11) is 4.16. The van der Waals surface area contributed by atoms with Crippen molar-refractivity contribution in [2.75, 3.05) is 19.0 Å². The zero-order chi connectivity index (χ0) is 21.9. The van der Waals surface area contributed by atoms with E-state index in [0.29, 0.717) is 35.7 Å². The molecular formula is C28H35NO2. The largest absolute Gasteiger partial charge is 0.378 e. The molecule has 0 aliphatic heterocycles. The van der Waals surface area contributed by atoms with Crippen LogP contribution in [0.4, 0.5) is 5.69 Å². The van der Waals surface area contributed by atoms with E-state index in [-0.39, 0.29) is 11.3 Å². The first kappa shape index (κ1) is 20.7. The van der Waals surface area contributed by atoms with Crippen molar-refractivity contribution >= 4 is 17.3 Å². The number of Topliss-reactive ketones (excluding diaryl/α,β-unsaturated/α-hetero) is 1. The lowest BCUT2D eigenvalue weighted by Crippen LogP contribution is -2.44. The number of allylic oxidation sites excluding steroid dienone is 4. The molecule has 0 spiro atoms. The van der Waals surface area contributed by atoms with E-state index in [4.69, 9.17) is 0 Å². The molecule has 3 unspecified atom stereocenters. The Morgan fingerprint density at radius 3 is 2.45 bits per heavy atom. The number of fused-ring (bicyclic) bond motifs is 4. The number of hydrogen-bond acceptors (Lipinski definition) is 3. The van der Waals surface area contributed by atoms with Gasteiger partial charge in [-0.3, -0.25) is 9.59 Å². The average molecular weight is 418 g/mol. The summed E-state index contributed by atoms with van der Waals surface area (Å²) in [6.45, 7) is 4.22. The van der Waals surface area contributed by atoms with E-state index >= 15 is 0 Å². The predicted octanol–water partition coefficient (Wildman–Crippen LogP) is 5.86. The second kappa shape index (κ2) is 7.46. The number of nitrogens with zero attached hydrogens (tertiary/aromatic N) is 1. The molecule has 1 aromatic rings. The molecule has 4 aliphatic rings. The lowest BCUT2D eigenvalue weighted by Gasteiger charge is -2.52. The van der Waals surface area contributed by atoms with E-state index < -0.39 is 0 Å². The van der Waals surface area contributed by atoms with E-state index in [1.54, 1.807) is 5.57 Å². The summed E-state index contributed by atoms with van der Waals surface area (Å²) in [5.41, 5.74) is 7.09. The van der Waals surface area contributed by atoms with Crippen LogP contribution in [0, 0.1) is 23.2 Å². The van der Waals surface area contributed by atoms with Crippen LogP contribution < -0.4 is 4.90 Å². The maximum atomic E-state index is 12.6. The summed E-state index contributed by atoms with van der Waals surface area (Å²) in [6.07, 6.45) is 8.93. The molecule has 0 aromatic heterocycles. The third-order valence-electron chi connectivity index (χ3n) is 9.03. The van der Waals surface area contributed by atoms with Gasteiger partial charge in [0.15, 0.2) is 5.78 Å². The van der Waals surface area contributed by atoms with Gasteiger partial charge in [-0.1, -0.05) is 24.6 Å². The predicted molar refractivity (Wildman–Crippen MR) is 125 cm³/mol. The Kier molecular flexibility index (Phi) is 4.99. The van der Waals surface area contributed by atoms with Crippen molar-refractivity contribution in [1.82, 2.24) is 0 Å². The third-order valence-corrected chi connectivity index (χ3v) is 9.03. The fourth-order valence-corrected chi connectivity index (χ4v) is 7.63.